The lowest BCUT2D eigenvalue weighted by atomic mass is 9.92. The maximum Gasteiger partial charge on any atom is 0.286 e. The molecule has 9 heteroatoms. The average molecular weight is 604 g/mol. The minimum atomic E-state index is -0.677. The Kier molecular flexibility index (Phi) is 8.91. The van der Waals surface area contributed by atoms with Crippen molar-refractivity contribution in [1.82, 2.24) is 5.32 Å². The molecule has 228 valence electrons. The number of amides is 2. The number of anilines is 2. The molecular formula is C36H33N3O6. The molecule has 6 rings (SSSR count). The van der Waals surface area contributed by atoms with Gasteiger partial charge in [0.05, 0.1) is 30.9 Å². The summed E-state index contributed by atoms with van der Waals surface area (Å²) in [6, 6.07) is 29.3. The molecule has 2 amide bonds. The van der Waals surface area contributed by atoms with Crippen LogP contribution < -0.4 is 16.4 Å². The lowest BCUT2D eigenvalue weighted by molar-refractivity contribution is -0.150. The number of benzene rings is 4. The monoisotopic (exact) mass is 603 g/mol. The largest absolute Gasteiger partial charge is 0.464 e. The Labute approximate surface area is 260 Å². The molecule has 1 aromatic heterocycles. The Hall–Kier alpha value is -5.38. The number of aliphatic hydroxyl groups excluding tert-OH is 1. The quantitative estimate of drug-likeness (QED) is 0.144. The van der Waals surface area contributed by atoms with Gasteiger partial charge in [-0.25, -0.2) is 0 Å². The smallest absolute Gasteiger partial charge is 0.286 e. The second-order valence-electron chi connectivity index (χ2n) is 10.8. The normalized spacial score (nSPS) is 16.1. The maximum atomic E-state index is 13.4. The predicted octanol–water partition coefficient (Wildman–Crippen LogP) is 6.01. The molecular weight excluding hydrogens is 570 g/mol. The Morgan fingerprint density at radius 3 is 2.36 bits per heavy atom. The van der Waals surface area contributed by atoms with E-state index in [1.807, 2.05) is 54.6 Å². The highest BCUT2D eigenvalue weighted by Gasteiger charge is 2.30. The van der Waals surface area contributed by atoms with Gasteiger partial charge in [-0.2, -0.15) is 0 Å². The van der Waals surface area contributed by atoms with Crippen molar-refractivity contribution >= 4 is 34.2 Å². The Bertz CT molecular complexity index is 1830. The van der Waals surface area contributed by atoms with E-state index in [1.54, 1.807) is 54.8 Å². The summed E-state index contributed by atoms with van der Waals surface area (Å²) in [4.78, 5) is 26.0. The summed E-state index contributed by atoms with van der Waals surface area (Å²) >= 11 is 0. The zero-order valence-corrected chi connectivity index (χ0v) is 24.4. The van der Waals surface area contributed by atoms with Crippen LogP contribution in [0.25, 0.3) is 11.0 Å². The van der Waals surface area contributed by atoms with Gasteiger partial charge < -0.3 is 35.4 Å². The molecule has 0 saturated heterocycles. The number of carbonyl (C=O) groups excluding carboxylic acids is 2. The Morgan fingerprint density at radius 1 is 0.867 bits per heavy atom. The van der Waals surface area contributed by atoms with Gasteiger partial charge in [0.1, 0.15) is 5.58 Å². The molecule has 5 N–H and O–H groups in total. The van der Waals surface area contributed by atoms with Crippen molar-refractivity contribution in [1.29, 1.82) is 0 Å². The van der Waals surface area contributed by atoms with Crippen LogP contribution in [0.1, 0.15) is 45.0 Å². The number of nitrogens with two attached hydrogens (primary N) is 1. The fourth-order valence-electron chi connectivity index (χ4n) is 5.20. The summed E-state index contributed by atoms with van der Waals surface area (Å²) in [6.07, 6.45) is 3.35. The third kappa shape index (κ3) is 7.06. The van der Waals surface area contributed by atoms with Crippen molar-refractivity contribution in [3.63, 3.8) is 0 Å². The lowest BCUT2D eigenvalue weighted by Crippen LogP contribution is -2.32. The van der Waals surface area contributed by atoms with Crippen molar-refractivity contribution in [3.05, 3.63) is 143 Å². The molecule has 9 nitrogen and oxygen atoms in total. The van der Waals surface area contributed by atoms with Crippen LogP contribution >= 0.6 is 0 Å². The first-order valence-electron chi connectivity index (χ1n) is 14.6. The summed E-state index contributed by atoms with van der Waals surface area (Å²) in [5, 5.41) is 16.0. The molecule has 4 aromatic carbocycles. The summed E-state index contributed by atoms with van der Waals surface area (Å²) in [5.74, 6) is -0.679. The van der Waals surface area contributed by atoms with Crippen LogP contribution in [0.4, 0.5) is 11.4 Å². The molecule has 2 unspecified atom stereocenters. The number of hydrogen-bond donors (Lipinski definition) is 4. The number of furan rings is 1. The van der Waals surface area contributed by atoms with Crippen LogP contribution in [0.15, 0.2) is 120 Å². The highest BCUT2D eigenvalue weighted by molar-refractivity contribution is 6.05. The molecule has 0 radical (unpaired) electrons. The van der Waals surface area contributed by atoms with Crippen molar-refractivity contribution in [2.24, 2.45) is 0 Å². The van der Waals surface area contributed by atoms with Crippen LogP contribution in [0.3, 0.4) is 0 Å². The van der Waals surface area contributed by atoms with Crippen LogP contribution in [0.5, 0.6) is 0 Å². The van der Waals surface area contributed by atoms with E-state index in [4.69, 9.17) is 19.6 Å². The average Bonchev–Trinajstić information content (AvgIpc) is 3.52. The molecule has 1 aliphatic heterocycles. The molecule has 1 aliphatic rings. The number of hydrogen-bond acceptors (Lipinski definition) is 7. The first kappa shape index (κ1) is 29.7. The molecule has 0 aliphatic carbocycles. The highest BCUT2D eigenvalue weighted by atomic mass is 16.7. The zero-order valence-electron chi connectivity index (χ0n) is 24.4. The molecule has 0 spiro atoms. The van der Waals surface area contributed by atoms with Crippen molar-refractivity contribution < 1.29 is 28.6 Å². The number of rotatable bonds is 10. The summed E-state index contributed by atoms with van der Waals surface area (Å²) in [7, 11) is 0. The number of nitrogen functional groups attached to an aromatic ring is 1. The van der Waals surface area contributed by atoms with Gasteiger partial charge in [-0.1, -0.05) is 66.7 Å². The minimum Gasteiger partial charge on any atom is -0.464 e. The molecule has 2 heterocycles. The number of ether oxygens (including phenoxy) is 2. The van der Waals surface area contributed by atoms with Gasteiger partial charge >= 0.3 is 0 Å². The van der Waals surface area contributed by atoms with Crippen molar-refractivity contribution in [3.8, 4) is 0 Å². The number of nitrogens with one attached hydrogen (secondary N) is 2. The fraction of sp³-hybridized carbons (Fsp3) is 0.167. The molecule has 0 saturated carbocycles. The summed E-state index contributed by atoms with van der Waals surface area (Å²) in [5.41, 5.74) is 11.7. The van der Waals surface area contributed by atoms with Gasteiger partial charge in [0.15, 0.2) is 5.76 Å². The second-order valence-corrected chi connectivity index (χ2v) is 10.8. The van der Waals surface area contributed by atoms with E-state index in [2.05, 4.69) is 10.6 Å². The van der Waals surface area contributed by atoms with Gasteiger partial charge in [0.25, 0.3) is 11.8 Å². The minimum absolute atomic E-state index is 0.0280. The van der Waals surface area contributed by atoms with Crippen LogP contribution in [-0.4, -0.2) is 23.2 Å². The third-order valence-corrected chi connectivity index (χ3v) is 7.71. The standard InChI is InChI=1S/C36H33N3O6/c37-30-6-2-3-7-31(30)39-35(41)26-15-13-23(14-16-26)19-38-36(42)33-17-27(29-22-43-32-8-4-1-5-28(29)32)18-34(45-33)44-21-25-11-9-24(20-40)10-12-25/h1-17,22,27,34,40H,18-21,37H2,(H,38,42)(H,39,41). The topological polar surface area (TPSA) is 136 Å². The van der Waals surface area contributed by atoms with Crippen LogP contribution in [0.2, 0.25) is 0 Å². The highest BCUT2D eigenvalue weighted by Crippen LogP contribution is 2.36. The number of fused-ring (bicyclic) bond motifs is 1. The molecule has 0 bridgehead atoms. The van der Waals surface area contributed by atoms with E-state index in [1.165, 1.54) is 0 Å². The number of allylic oxidation sites excluding steroid dienone is 1. The SMILES string of the molecule is Nc1ccccc1NC(=O)c1ccc(CNC(=O)C2=CC(c3coc4ccccc34)CC(OCc3ccc(CO)cc3)O2)cc1. The molecule has 2 atom stereocenters. The van der Waals surface area contributed by atoms with Crippen LogP contribution in [-0.2, 0) is 34.0 Å². The van der Waals surface area contributed by atoms with Crippen molar-refractivity contribution in [2.45, 2.75) is 38.4 Å². The van der Waals surface area contributed by atoms with Gasteiger partial charge in [-0.15, -0.1) is 0 Å². The van der Waals surface area contributed by atoms with Gasteiger partial charge in [0, 0.05) is 35.4 Å². The van der Waals surface area contributed by atoms with E-state index in [0.717, 1.165) is 33.2 Å². The number of carbonyl (C=O) groups is 2. The van der Waals surface area contributed by atoms with E-state index in [-0.39, 0.29) is 43.2 Å². The zero-order chi connectivity index (χ0) is 31.2. The molecule has 0 fully saturated rings. The first-order chi connectivity index (χ1) is 22.0. The van der Waals surface area contributed by atoms with E-state index < -0.39 is 6.29 Å². The van der Waals surface area contributed by atoms with E-state index in [0.29, 0.717) is 23.4 Å². The Balaban J connectivity index is 1.13. The van der Waals surface area contributed by atoms with Gasteiger partial charge in [0.2, 0.25) is 6.29 Å². The third-order valence-electron chi connectivity index (χ3n) is 7.71. The second kappa shape index (κ2) is 13.5. The first-order valence-corrected chi connectivity index (χ1v) is 14.6. The lowest BCUT2D eigenvalue weighted by Gasteiger charge is -2.29. The van der Waals surface area contributed by atoms with Crippen molar-refractivity contribution in [2.75, 3.05) is 11.1 Å². The molecule has 45 heavy (non-hydrogen) atoms. The number of para-hydroxylation sites is 3. The predicted molar refractivity (Wildman–Crippen MR) is 171 cm³/mol. The Morgan fingerprint density at radius 2 is 1.58 bits per heavy atom. The summed E-state index contributed by atoms with van der Waals surface area (Å²) < 4.78 is 18.0. The van der Waals surface area contributed by atoms with E-state index in [9.17, 15) is 14.7 Å². The van der Waals surface area contributed by atoms with E-state index >= 15 is 0 Å². The van der Waals surface area contributed by atoms with Crippen LogP contribution in [0, 0.1) is 0 Å². The number of aliphatic hydroxyl groups is 1. The maximum absolute atomic E-state index is 13.4. The van der Waals surface area contributed by atoms with Gasteiger partial charge in [-0.05, 0) is 53.1 Å². The fourth-order valence-corrected chi connectivity index (χ4v) is 5.20. The summed E-state index contributed by atoms with van der Waals surface area (Å²) in [6.45, 7) is 0.482. The molecule has 5 aromatic rings. The van der Waals surface area contributed by atoms with Gasteiger partial charge in [-0.3, -0.25) is 9.59 Å².